The number of aromatic nitrogens is 2. The van der Waals surface area contributed by atoms with Gasteiger partial charge >= 0.3 is 0 Å². The summed E-state index contributed by atoms with van der Waals surface area (Å²) in [6, 6.07) is 15.9. The number of nitrogens with zero attached hydrogens (tertiary/aromatic N) is 4. The van der Waals surface area contributed by atoms with Gasteiger partial charge in [0.25, 0.3) is 0 Å². The van der Waals surface area contributed by atoms with E-state index in [1.165, 1.54) is 0 Å². The summed E-state index contributed by atoms with van der Waals surface area (Å²) < 4.78 is 5.35. The van der Waals surface area contributed by atoms with Crippen LogP contribution in [0.4, 0.5) is 5.95 Å². The fourth-order valence-corrected chi connectivity index (χ4v) is 5.13. The summed E-state index contributed by atoms with van der Waals surface area (Å²) in [7, 11) is 1.65. The molecule has 0 spiro atoms. The Kier molecular flexibility index (Phi) is 6.53. The lowest BCUT2D eigenvalue weighted by atomic mass is 9.84. The van der Waals surface area contributed by atoms with Crippen LogP contribution in [0.2, 0.25) is 0 Å². The molecule has 1 aromatic heterocycles. The molecule has 2 saturated heterocycles. The van der Waals surface area contributed by atoms with Crippen molar-refractivity contribution in [3.8, 4) is 5.75 Å². The van der Waals surface area contributed by atoms with E-state index in [0.717, 1.165) is 28.6 Å². The van der Waals surface area contributed by atoms with Crippen molar-refractivity contribution in [3.63, 3.8) is 0 Å². The number of rotatable bonds is 7. The average Bonchev–Trinajstić information content (AvgIpc) is 3.27. The van der Waals surface area contributed by atoms with Gasteiger partial charge in [-0.1, -0.05) is 30.3 Å². The van der Waals surface area contributed by atoms with Crippen molar-refractivity contribution in [2.75, 3.05) is 38.2 Å². The summed E-state index contributed by atoms with van der Waals surface area (Å²) in [6.07, 6.45) is 4.83. The van der Waals surface area contributed by atoms with Crippen LogP contribution >= 0.6 is 0 Å². The third-order valence-corrected chi connectivity index (χ3v) is 7.12. The van der Waals surface area contributed by atoms with Crippen LogP contribution in [0, 0.1) is 0 Å². The normalized spacial score (nSPS) is 20.2. The van der Waals surface area contributed by atoms with Gasteiger partial charge in [-0.05, 0) is 43.0 Å². The highest BCUT2D eigenvalue weighted by Gasteiger charge is 2.38. The van der Waals surface area contributed by atoms with Crippen LogP contribution in [0.15, 0.2) is 54.7 Å². The summed E-state index contributed by atoms with van der Waals surface area (Å²) >= 11 is 0. The Morgan fingerprint density at radius 3 is 2.71 bits per heavy atom. The second-order valence-corrected chi connectivity index (χ2v) is 9.45. The smallest absolute Gasteiger partial charge is 0.225 e. The van der Waals surface area contributed by atoms with Crippen LogP contribution in [-0.4, -0.2) is 65.5 Å². The van der Waals surface area contributed by atoms with Gasteiger partial charge in [0.2, 0.25) is 17.8 Å². The first-order chi connectivity index (χ1) is 17.0. The molecule has 2 aliphatic heterocycles. The molecule has 0 radical (unpaired) electrons. The number of benzene rings is 2. The van der Waals surface area contributed by atoms with Gasteiger partial charge < -0.3 is 19.9 Å². The number of hydrogen-bond donors (Lipinski definition) is 1. The summed E-state index contributed by atoms with van der Waals surface area (Å²) in [5.41, 5.74) is 1.64. The second kappa shape index (κ2) is 9.90. The zero-order chi connectivity index (χ0) is 24.3. The number of carbonyl (C=O) groups is 2. The van der Waals surface area contributed by atoms with Gasteiger partial charge in [-0.15, -0.1) is 0 Å². The Hall–Kier alpha value is -3.68. The van der Waals surface area contributed by atoms with Gasteiger partial charge in [0.15, 0.2) is 0 Å². The summed E-state index contributed by atoms with van der Waals surface area (Å²) in [5.74, 6) is 1.70. The lowest BCUT2D eigenvalue weighted by Gasteiger charge is -2.36. The minimum absolute atomic E-state index is 0.0596. The highest BCUT2D eigenvalue weighted by Crippen LogP contribution is 2.31. The molecule has 1 N–H and O–H groups in total. The largest absolute Gasteiger partial charge is 0.497 e. The van der Waals surface area contributed by atoms with E-state index in [2.05, 4.69) is 20.2 Å². The predicted octanol–water partition coefficient (Wildman–Crippen LogP) is 2.96. The number of carbonyl (C=O) groups excluding carboxylic acids is 2. The van der Waals surface area contributed by atoms with Crippen LogP contribution in [0.1, 0.15) is 31.2 Å². The predicted molar refractivity (Wildman–Crippen MR) is 134 cm³/mol. The number of nitrogens with one attached hydrogen (secondary N) is 1. The standard InChI is InChI=1S/C27H31N5O3/c1-35-22-7-4-5-20(17-22)18-27(11-9-24(33)30-27)12-10-25(34)31-13-15-32(16-14-31)26-28-19-21-6-2-3-8-23(21)29-26/h2-8,17,19H,9-16,18H2,1H3,(H,30,33). The van der Waals surface area contributed by atoms with Gasteiger partial charge in [0.05, 0.1) is 12.6 Å². The molecule has 3 heterocycles. The zero-order valence-electron chi connectivity index (χ0n) is 20.1. The SMILES string of the molecule is COc1cccc(CC2(CCC(=O)N3CCN(c4ncc5ccccc5n4)CC3)CCC(=O)N2)c1. The molecule has 0 saturated carbocycles. The summed E-state index contributed by atoms with van der Waals surface area (Å²) in [5, 5.41) is 4.20. The maximum Gasteiger partial charge on any atom is 0.225 e. The molecule has 8 heteroatoms. The summed E-state index contributed by atoms with van der Waals surface area (Å²) in [6.45, 7) is 2.69. The molecule has 3 aromatic rings. The van der Waals surface area contributed by atoms with Crippen LogP contribution in [0.3, 0.4) is 0 Å². The number of anilines is 1. The van der Waals surface area contributed by atoms with Crippen LogP contribution < -0.4 is 15.0 Å². The monoisotopic (exact) mass is 473 g/mol. The number of methoxy groups -OCH3 is 1. The lowest BCUT2D eigenvalue weighted by Crippen LogP contribution is -2.50. The molecule has 8 nitrogen and oxygen atoms in total. The van der Waals surface area contributed by atoms with Crippen molar-refractivity contribution in [1.82, 2.24) is 20.2 Å². The van der Waals surface area contributed by atoms with E-state index in [4.69, 9.17) is 4.74 Å². The van der Waals surface area contributed by atoms with E-state index < -0.39 is 0 Å². The average molecular weight is 474 g/mol. The molecule has 1 unspecified atom stereocenters. The van der Waals surface area contributed by atoms with Gasteiger partial charge in [-0.2, -0.15) is 0 Å². The van der Waals surface area contributed by atoms with E-state index in [-0.39, 0.29) is 17.4 Å². The molecule has 182 valence electrons. The van der Waals surface area contributed by atoms with Crippen molar-refractivity contribution in [3.05, 3.63) is 60.3 Å². The molecule has 35 heavy (non-hydrogen) atoms. The minimum Gasteiger partial charge on any atom is -0.497 e. The van der Waals surface area contributed by atoms with Crippen molar-refractivity contribution >= 4 is 28.7 Å². The van der Waals surface area contributed by atoms with Crippen LogP contribution in [0.5, 0.6) is 5.75 Å². The maximum absolute atomic E-state index is 13.1. The highest BCUT2D eigenvalue weighted by molar-refractivity contribution is 5.81. The van der Waals surface area contributed by atoms with E-state index in [0.29, 0.717) is 57.8 Å². The molecule has 2 aliphatic rings. The van der Waals surface area contributed by atoms with Gasteiger partial charge in [0, 0.05) is 56.1 Å². The molecular weight excluding hydrogens is 442 g/mol. The molecule has 2 fully saturated rings. The Balaban J connectivity index is 1.18. The van der Waals surface area contributed by atoms with Crippen LogP contribution in [0.25, 0.3) is 10.9 Å². The van der Waals surface area contributed by atoms with E-state index in [9.17, 15) is 9.59 Å². The summed E-state index contributed by atoms with van der Waals surface area (Å²) in [4.78, 5) is 38.5. The fraction of sp³-hybridized carbons (Fsp3) is 0.407. The van der Waals surface area contributed by atoms with E-state index >= 15 is 0 Å². The quantitative estimate of drug-likeness (QED) is 0.568. The Morgan fingerprint density at radius 1 is 1.11 bits per heavy atom. The maximum atomic E-state index is 13.1. The Morgan fingerprint density at radius 2 is 1.94 bits per heavy atom. The molecule has 1 atom stereocenters. The first-order valence-electron chi connectivity index (χ1n) is 12.2. The minimum atomic E-state index is -0.389. The van der Waals surface area contributed by atoms with E-state index in [1.807, 2.05) is 59.6 Å². The fourth-order valence-electron chi connectivity index (χ4n) is 5.13. The topological polar surface area (TPSA) is 87.7 Å². The molecule has 0 aliphatic carbocycles. The zero-order valence-corrected chi connectivity index (χ0v) is 20.1. The lowest BCUT2D eigenvalue weighted by molar-refractivity contribution is -0.132. The van der Waals surface area contributed by atoms with Crippen LogP contribution in [-0.2, 0) is 16.0 Å². The van der Waals surface area contributed by atoms with Gasteiger partial charge in [-0.25, -0.2) is 9.97 Å². The van der Waals surface area contributed by atoms with Gasteiger partial charge in [0.1, 0.15) is 5.75 Å². The molecular formula is C27H31N5O3. The Bertz CT molecular complexity index is 1220. The number of ether oxygens (including phenoxy) is 1. The third kappa shape index (κ3) is 5.21. The van der Waals surface area contributed by atoms with Crippen molar-refractivity contribution in [2.24, 2.45) is 0 Å². The second-order valence-electron chi connectivity index (χ2n) is 9.45. The molecule has 2 amide bonds. The number of amides is 2. The van der Waals surface area contributed by atoms with Crippen molar-refractivity contribution in [1.29, 1.82) is 0 Å². The van der Waals surface area contributed by atoms with E-state index in [1.54, 1.807) is 7.11 Å². The number of hydrogen-bond acceptors (Lipinski definition) is 6. The Labute approximate surface area is 205 Å². The number of para-hydroxylation sites is 1. The highest BCUT2D eigenvalue weighted by atomic mass is 16.5. The van der Waals surface area contributed by atoms with Gasteiger partial charge in [-0.3, -0.25) is 9.59 Å². The first-order valence-corrected chi connectivity index (χ1v) is 12.2. The molecule has 0 bridgehead atoms. The molecule has 5 rings (SSSR count). The number of fused-ring (bicyclic) bond motifs is 1. The first kappa shape index (κ1) is 23.1. The number of piperazine rings is 1. The van der Waals surface area contributed by atoms with Crippen molar-refractivity contribution < 1.29 is 14.3 Å². The third-order valence-electron chi connectivity index (χ3n) is 7.12. The van der Waals surface area contributed by atoms with Crippen molar-refractivity contribution in [2.45, 2.75) is 37.6 Å². The molecule has 2 aromatic carbocycles.